The van der Waals surface area contributed by atoms with Crippen molar-refractivity contribution < 1.29 is 34.4 Å². The second-order valence-electron chi connectivity index (χ2n) is 3.36. The fourth-order valence-corrected chi connectivity index (χ4v) is 1.08. The molecule has 0 spiro atoms. The first kappa shape index (κ1) is 17.2. The van der Waals surface area contributed by atoms with Gasteiger partial charge < -0.3 is 20.1 Å². The van der Waals surface area contributed by atoms with Gasteiger partial charge in [-0.15, -0.1) is 0 Å². The summed E-state index contributed by atoms with van der Waals surface area (Å²) in [7, 11) is 0. The van der Waals surface area contributed by atoms with Gasteiger partial charge >= 0.3 is 17.9 Å². The molecule has 7 nitrogen and oxygen atoms in total. The van der Waals surface area contributed by atoms with Crippen molar-refractivity contribution in [3.8, 4) is 0 Å². The lowest BCUT2D eigenvalue weighted by Crippen LogP contribution is -2.43. The summed E-state index contributed by atoms with van der Waals surface area (Å²) in [4.78, 5) is 32.3. The van der Waals surface area contributed by atoms with E-state index in [9.17, 15) is 19.5 Å². The van der Waals surface area contributed by atoms with Crippen LogP contribution in [0.1, 0.15) is 12.8 Å². The molecule has 0 aliphatic rings. The van der Waals surface area contributed by atoms with Gasteiger partial charge in [-0.2, -0.15) is 0 Å². The van der Waals surface area contributed by atoms with Crippen LogP contribution in [0, 0.1) is 0 Å². The van der Waals surface area contributed by atoms with Crippen molar-refractivity contribution in [1.82, 2.24) is 0 Å². The molecule has 0 bridgehead atoms. The Morgan fingerprint density at radius 1 is 1.06 bits per heavy atom. The molecule has 0 fully saturated rings. The van der Waals surface area contributed by atoms with Crippen LogP contribution in [0.2, 0.25) is 0 Å². The molecule has 18 heavy (non-hydrogen) atoms. The molecule has 10 heteroatoms. The lowest BCUT2D eigenvalue weighted by molar-refractivity contribution is -0.171. The quantitative estimate of drug-likeness (QED) is 0.483. The Hall–Kier alpha value is -0.760. The van der Waals surface area contributed by atoms with Gasteiger partial charge in [0.15, 0.2) is 5.60 Å². The minimum Gasteiger partial charge on any atom is -0.481 e. The first-order valence-corrected chi connectivity index (χ1v) is 5.49. The van der Waals surface area contributed by atoms with Crippen LogP contribution in [0.5, 0.6) is 0 Å². The average Bonchev–Trinajstić information content (AvgIpc) is 2.11. The van der Waals surface area contributed by atoms with E-state index in [1.807, 2.05) is 0 Å². The zero-order valence-electron chi connectivity index (χ0n) is 8.73. The summed E-state index contributed by atoms with van der Waals surface area (Å²) >= 11 is 15.8. The molecule has 0 saturated carbocycles. The Bertz CT molecular complexity index is 351. The molecule has 0 radical (unpaired) electrons. The van der Waals surface area contributed by atoms with Crippen LogP contribution < -0.4 is 0 Å². The minimum atomic E-state index is -2.77. The van der Waals surface area contributed by atoms with Gasteiger partial charge in [-0.05, 0) is 0 Å². The summed E-state index contributed by atoms with van der Waals surface area (Å²) in [5.74, 6) is -4.66. The summed E-state index contributed by atoms with van der Waals surface area (Å²) in [6.07, 6.45) is -2.24. The van der Waals surface area contributed by atoms with Crippen molar-refractivity contribution in [2.24, 2.45) is 0 Å². The van der Waals surface area contributed by atoms with Crippen LogP contribution in [0.3, 0.4) is 0 Å². The minimum absolute atomic E-state index is 0.654. The highest BCUT2D eigenvalue weighted by atomic mass is 35.6. The smallest absolute Gasteiger partial charge is 0.336 e. The Morgan fingerprint density at radius 2 is 1.56 bits per heavy atom. The van der Waals surface area contributed by atoms with Crippen LogP contribution in [0.15, 0.2) is 0 Å². The highest BCUT2D eigenvalue weighted by Crippen LogP contribution is 2.26. The lowest BCUT2D eigenvalue weighted by atomic mass is 9.96. The molecule has 0 aromatic carbocycles. The topological polar surface area (TPSA) is 121 Å². The molecule has 104 valence electrons. The van der Waals surface area contributed by atoms with Gasteiger partial charge in [0.05, 0.1) is 12.8 Å². The molecule has 0 amide bonds. The summed E-state index contributed by atoms with van der Waals surface area (Å²) in [6.45, 7) is -0.654. The molecule has 0 saturated heterocycles. The molecule has 0 aliphatic heterocycles. The van der Waals surface area contributed by atoms with E-state index in [-0.39, 0.29) is 0 Å². The Kier molecular flexibility index (Phi) is 6.15. The van der Waals surface area contributed by atoms with Crippen molar-refractivity contribution in [2.75, 3.05) is 6.61 Å². The average molecular weight is 324 g/mol. The van der Waals surface area contributed by atoms with Crippen LogP contribution in [-0.4, -0.2) is 49.2 Å². The second-order valence-corrected chi connectivity index (χ2v) is 5.88. The SMILES string of the molecule is O=C(O)CC(O)(CC(=O)OCC(Cl)(Cl)Cl)C(=O)O. The van der Waals surface area contributed by atoms with Crippen molar-refractivity contribution >= 4 is 52.7 Å². The number of alkyl halides is 3. The zero-order chi connectivity index (χ0) is 14.6. The van der Waals surface area contributed by atoms with E-state index in [4.69, 9.17) is 45.0 Å². The first-order valence-electron chi connectivity index (χ1n) is 4.36. The number of carboxylic acids is 2. The summed E-state index contributed by atoms with van der Waals surface area (Å²) in [5, 5.41) is 26.6. The number of aliphatic hydroxyl groups is 1. The van der Waals surface area contributed by atoms with E-state index in [0.29, 0.717) is 0 Å². The maximum Gasteiger partial charge on any atom is 0.336 e. The third-order valence-electron chi connectivity index (χ3n) is 1.68. The second kappa shape index (κ2) is 6.42. The van der Waals surface area contributed by atoms with Crippen LogP contribution >= 0.6 is 34.8 Å². The summed E-state index contributed by atoms with van der Waals surface area (Å²) in [6, 6.07) is 0. The summed E-state index contributed by atoms with van der Waals surface area (Å²) in [5.41, 5.74) is -2.77. The normalized spacial score (nSPS) is 14.7. The highest BCUT2D eigenvalue weighted by Gasteiger charge is 2.41. The lowest BCUT2D eigenvalue weighted by Gasteiger charge is -2.20. The highest BCUT2D eigenvalue weighted by molar-refractivity contribution is 6.67. The van der Waals surface area contributed by atoms with Gasteiger partial charge in [-0.25, -0.2) is 4.79 Å². The van der Waals surface area contributed by atoms with E-state index in [1.165, 1.54) is 0 Å². The standard InChI is InChI=1S/C8H9Cl3O7/c9-8(10,11)3-18-5(14)2-7(17,6(15)16)1-4(12)13/h17H,1-3H2,(H,12,13)(H,15,16). The Labute approximate surface area is 116 Å². The maximum absolute atomic E-state index is 11.2. The first-order chi connectivity index (χ1) is 7.96. The molecule has 0 aromatic rings. The number of halogens is 3. The van der Waals surface area contributed by atoms with Gasteiger partial charge in [0.2, 0.25) is 3.79 Å². The predicted molar refractivity (Wildman–Crippen MR) is 60.7 cm³/mol. The molecule has 0 aromatic heterocycles. The van der Waals surface area contributed by atoms with E-state index >= 15 is 0 Å². The maximum atomic E-state index is 11.2. The van der Waals surface area contributed by atoms with Crippen molar-refractivity contribution in [3.63, 3.8) is 0 Å². The van der Waals surface area contributed by atoms with Gasteiger partial charge in [0.1, 0.15) is 6.61 Å². The molecule has 1 unspecified atom stereocenters. The van der Waals surface area contributed by atoms with Gasteiger partial charge in [-0.3, -0.25) is 9.59 Å². The number of aliphatic carboxylic acids is 2. The molecule has 0 rings (SSSR count). The van der Waals surface area contributed by atoms with Crippen LogP contribution in [0.4, 0.5) is 0 Å². The third kappa shape index (κ3) is 6.85. The van der Waals surface area contributed by atoms with Gasteiger partial charge in [0.25, 0.3) is 0 Å². The zero-order valence-corrected chi connectivity index (χ0v) is 11.0. The number of carboxylic acid groups (broad SMARTS) is 2. The largest absolute Gasteiger partial charge is 0.481 e. The predicted octanol–water partition coefficient (Wildman–Crippen LogP) is 0.580. The number of esters is 1. The number of ether oxygens (including phenoxy) is 1. The Morgan fingerprint density at radius 3 is 1.89 bits per heavy atom. The molecule has 3 N–H and O–H groups in total. The summed E-state index contributed by atoms with van der Waals surface area (Å²) < 4.78 is 2.50. The third-order valence-corrected chi connectivity index (χ3v) is 2.00. The molecule has 0 aliphatic carbocycles. The van der Waals surface area contributed by atoms with E-state index in [1.54, 1.807) is 0 Å². The monoisotopic (exact) mass is 322 g/mol. The fraction of sp³-hybridized carbons (Fsp3) is 0.625. The number of carbonyl (C=O) groups is 3. The van der Waals surface area contributed by atoms with E-state index in [2.05, 4.69) is 4.74 Å². The fourth-order valence-electron chi connectivity index (χ4n) is 0.916. The van der Waals surface area contributed by atoms with Crippen LogP contribution in [-0.2, 0) is 19.1 Å². The van der Waals surface area contributed by atoms with Gasteiger partial charge in [0, 0.05) is 0 Å². The molecule has 0 heterocycles. The molecular formula is C8H9Cl3O7. The number of carbonyl (C=O) groups excluding carboxylic acids is 1. The van der Waals surface area contributed by atoms with Gasteiger partial charge in [-0.1, -0.05) is 34.8 Å². The number of hydrogen-bond donors (Lipinski definition) is 3. The number of hydrogen-bond acceptors (Lipinski definition) is 5. The van der Waals surface area contributed by atoms with Crippen molar-refractivity contribution in [1.29, 1.82) is 0 Å². The molecular weight excluding hydrogens is 314 g/mol. The van der Waals surface area contributed by atoms with Crippen molar-refractivity contribution in [2.45, 2.75) is 22.2 Å². The van der Waals surface area contributed by atoms with Crippen molar-refractivity contribution in [3.05, 3.63) is 0 Å². The number of rotatable bonds is 6. The molecule has 1 atom stereocenters. The van der Waals surface area contributed by atoms with Crippen LogP contribution in [0.25, 0.3) is 0 Å². The van der Waals surface area contributed by atoms with E-state index < -0.39 is 46.8 Å². The Balaban J connectivity index is 4.56. The van der Waals surface area contributed by atoms with E-state index in [0.717, 1.165) is 0 Å².